The van der Waals surface area contributed by atoms with Crippen molar-refractivity contribution in [1.82, 2.24) is 0 Å². The molecule has 21 heavy (non-hydrogen) atoms. The van der Waals surface area contributed by atoms with Gasteiger partial charge >= 0.3 is 0 Å². The normalized spacial score (nSPS) is 22.3. The first kappa shape index (κ1) is 16.2. The Labute approximate surface area is 127 Å². The number of rotatable bonds is 5. The van der Waals surface area contributed by atoms with Crippen LogP contribution in [0.2, 0.25) is 0 Å². The number of hydrogen-bond donors (Lipinski definition) is 2. The zero-order valence-electron chi connectivity index (χ0n) is 11.7. The molecule has 1 fully saturated rings. The Morgan fingerprint density at radius 3 is 2.57 bits per heavy atom. The van der Waals surface area contributed by atoms with Crippen LogP contribution in [0.4, 0.5) is 14.5 Å². The summed E-state index contributed by atoms with van der Waals surface area (Å²) in [5.74, 6) is -2.25. The smallest absolute Gasteiger partial charge is 0.288 e. The van der Waals surface area contributed by atoms with E-state index < -0.39 is 5.76 Å². The maximum atomic E-state index is 12.2. The minimum Gasteiger partial charge on any atom is -0.327 e. The largest absolute Gasteiger partial charge is 0.327 e. The van der Waals surface area contributed by atoms with Crippen LogP contribution in [0.25, 0.3) is 0 Å². The van der Waals surface area contributed by atoms with Gasteiger partial charge in [-0.1, -0.05) is 24.6 Å². The maximum absolute atomic E-state index is 12.2. The van der Waals surface area contributed by atoms with Gasteiger partial charge in [0.15, 0.2) is 0 Å². The van der Waals surface area contributed by atoms with Gasteiger partial charge in [0.25, 0.3) is 5.76 Å². The van der Waals surface area contributed by atoms with Gasteiger partial charge in [0.05, 0.1) is 0 Å². The van der Waals surface area contributed by atoms with Crippen molar-refractivity contribution in [3.63, 3.8) is 0 Å². The van der Waals surface area contributed by atoms with Crippen molar-refractivity contribution in [2.45, 2.75) is 48.8 Å². The molecule has 2 rings (SSSR count). The third-order valence-electron chi connectivity index (χ3n) is 3.78. The third-order valence-corrected chi connectivity index (χ3v) is 4.50. The summed E-state index contributed by atoms with van der Waals surface area (Å²) in [6, 6.07) is 6.55. The third kappa shape index (κ3) is 5.28. The Morgan fingerprint density at radius 1 is 1.29 bits per heavy atom. The molecule has 6 heteroatoms. The van der Waals surface area contributed by atoms with E-state index in [4.69, 9.17) is 5.73 Å². The second-order valence-corrected chi connectivity index (χ2v) is 6.43. The molecule has 0 aromatic heterocycles. The summed E-state index contributed by atoms with van der Waals surface area (Å²) in [7, 11) is 0. The Kier molecular flexibility index (Phi) is 5.99. The minimum absolute atomic E-state index is 0.0633. The Bertz CT molecular complexity index is 467. The van der Waals surface area contributed by atoms with Crippen molar-refractivity contribution in [3.8, 4) is 0 Å². The van der Waals surface area contributed by atoms with E-state index in [2.05, 4.69) is 5.32 Å². The van der Waals surface area contributed by atoms with Gasteiger partial charge in [0, 0.05) is 23.0 Å². The van der Waals surface area contributed by atoms with Gasteiger partial charge in [-0.25, -0.2) is 0 Å². The molecule has 1 aliphatic rings. The van der Waals surface area contributed by atoms with Crippen molar-refractivity contribution in [1.29, 1.82) is 0 Å². The van der Waals surface area contributed by atoms with E-state index in [1.165, 1.54) is 0 Å². The van der Waals surface area contributed by atoms with Gasteiger partial charge < -0.3 is 11.1 Å². The van der Waals surface area contributed by atoms with Crippen LogP contribution in [0.15, 0.2) is 29.2 Å². The van der Waals surface area contributed by atoms with Crippen molar-refractivity contribution in [3.05, 3.63) is 24.3 Å². The molecule has 0 heterocycles. The quantitative estimate of drug-likeness (QED) is 0.812. The summed E-state index contributed by atoms with van der Waals surface area (Å²) in [6.07, 6.45) is 4.68. The number of carbonyl (C=O) groups is 1. The molecule has 1 aromatic rings. The van der Waals surface area contributed by atoms with Crippen molar-refractivity contribution in [2.24, 2.45) is 11.7 Å². The lowest BCUT2D eigenvalue weighted by Crippen LogP contribution is -2.35. The SMILES string of the molecule is NC1CCCCC1CC(=O)Nc1ccc(SC(F)F)cc1. The lowest BCUT2D eigenvalue weighted by molar-refractivity contribution is -0.117. The monoisotopic (exact) mass is 314 g/mol. The predicted octanol–water partition coefficient (Wildman–Crippen LogP) is 3.85. The molecule has 1 aliphatic carbocycles. The van der Waals surface area contributed by atoms with E-state index in [9.17, 15) is 13.6 Å². The number of alkyl halides is 2. The molecule has 1 saturated carbocycles. The first-order valence-corrected chi connectivity index (χ1v) is 8.03. The molecule has 116 valence electrons. The standard InChI is InChI=1S/C15H20F2N2OS/c16-15(17)21-12-7-5-11(6-8-12)19-14(20)9-10-3-1-2-4-13(10)18/h5-8,10,13,15H,1-4,9,18H2,(H,19,20). The fourth-order valence-electron chi connectivity index (χ4n) is 2.66. The first-order valence-electron chi connectivity index (χ1n) is 7.15. The molecule has 0 radical (unpaired) electrons. The Morgan fingerprint density at radius 2 is 1.95 bits per heavy atom. The molecule has 0 aliphatic heterocycles. The van der Waals surface area contributed by atoms with Crippen LogP contribution in [0, 0.1) is 5.92 Å². The molecule has 2 unspecified atom stereocenters. The van der Waals surface area contributed by atoms with Gasteiger partial charge in [-0.2, -0.15) is 8.78 Å². The van der Waals surface area contributed by atoms with Crippen molar-refractivity contribution in [2.75, 3.05) is 5.32 Å². The van der Waals surface area contributed by atoms with E-state index >= 15 is 0 Å². The average molecular weight is 314 g/mol. The topological polar surface area (TPSA) is 55.1 Å². The minimum atomic E-state index is -2.43. The molecule has 2 atom stereocenters. The van der Waals surface area contributed by atoms with E-state index in [1.807, 2.05) is 0 Å². The van der Waals surface area contributed by atoms with Crippen molar-refractivity contribution >= 4 is 23.4 Å². The highest BCUT2D eigenvalue weighted by Crippen LogP contribution is 2.27. The highest BCUT2D eigenvalue weighted by molar-refractivity contribution is 7.99. The number of halogens is 2. The van der Waals surface area contributed by atoms with Crippen LogP contribution in [-0.4, -0.2) is 17.7 Å². The molecular formula is C15H20F2N2OS. The molecule has 3 N–H and O–H groups in total. The van der Waals surface area contributed by atoms with Crippen LogP contribution in [0.3, 0.4) is 0 Å². The number of benzene rings is 1. The van der Waals surface area contributed by atoms with Gasteiger partial charge in [0.2, 0.25) is 5.91 Å². The van der Waals surface area contributed by atoms with Gasteiger partial charge in [-0.05, 0) is 43.0 Å². The highest BCUT2D eigenvalue weighted by Gasteiger charge is 2.24. The lowest BCUT2D eigenvalue weighted by Gasteiger charge is -2.27. The molecule has 3 nitrogen and oxygen atoms in total. The van der Waals surface area contributed by atoms with E-state index in [1.54, 1.807) is 24.3 Å². The first-order chi connectivity index (χ1) is 10.0. The summed E-state index contributed by atoms with van der Waals surface area (Å²) in [4.78, 5) is 12.5. The summed E-state index contributed by atoms with van der Waals surface area (Å²) in [5.41, 5.74) is 6.66. The fourth-order valence-corrected chi connectivity index (χ4v) is 3.16. The number of thioether (sulfide) groups is 1. The maximum Gasteiger partial charge on any atom is 0.288 e. The fraction of sp³-hybridized carbons (Fsp3) is 0.533. The summed E-state index contributed by atoms with van der Waals surface area (Å²) in [5, 5.41) is 2.80. The number of nitrogens with one attached hydrogen (secondary N) is 1. The average Bonchev–Trinajstić information content (AvgIpc) is 2.43. The predicted molar refractivity (Wildman–Crippen MR) is 81.5 cm³/mol. The second kappa shape index (κ2) is 7.75. The zero-order valence-corrected chi connectivity index (χ0v) is 12.5. The summed E-state index contributed by atoms with van der Waals surface area (Å²) in [6.45, 7) is 0. The zero-order chi connectivity index (χ0) is 15.2. The van der Waals surface area contributed by atoms with Crippen LogP contribution < -0.4 is 11.1 Å². The number of anilines is 1. The Hall–Kier alpha value is -1.14. The molecule has 0 spiro atoms. The number of amides is 1. The molecule has 1 amide bonds. The molecule has 0 saturated heterocycles. The van der Waals surface area contributed by atoms with Gasteiger partial charge in [-0.3, -0.25) is 4.79 Å². The molecule has 1 aromatic carbocycles. The van der Waals surface area contributed by atoms with E-state index in [0.717, 1.165) is 25.7 Å². The Balaban J connectivity index is 1.84. The van der Waals surface area contributed by atoms with E-state index in [-0.39, 0.29) is 17.9 Å². The number of carbonyl (C=O) groups excluding carboxylic acids is 1. The number of hydrogen-bond acceptors (Lipinski definition) is 3. The van der Waals surface area contributed by atoms with Gasteiger partial charge in [-0.15, -0.1) is 0 Å². The summed E-state index contributed by atoms with van der Waals surface area (Å²) < 4.78 is 24.4. The van der Waals surface area contributed by atoms with Crippen LogP contribution in [-0.2, 0) is 4.79 Å². The lowest BCUT2D eigenvalue weighted by atomic mass is 9.83. The van der Waals surface area contributed by atoms with Gasteiger partial charge in [0.1, 0.15) is 0 Å². The summed E-state index contributed by atoms with van der Waals surface area (Å²) >= 11 is 0.492. The molecular weight excluding hydrogens is 294 g/mol. The van der Waals surface area contributed by atoms with E-state index in [0.29, 0.717) is 28.8 Å². The van der Waals surface area contributed by atoms with Crippen LogP contribution in [0.1, 0.15) is 32.1 Å². The van der Waals surface area contributed by atoms with Crippen molar-refractivity contribution < 1.29 is 13.6 Å². The highest BCUT2D eigenvalue weighted by atomic mass is 32.2. The second-order valence-electron chi connectivity index (χ2n) is 5.36. The van der Waals surface area contributed by atoms with Crippen LogP contribution in [0.5, 0.6) is 0 Å². The number of nitrogens with two attached hydrogens (primary N) is 1. The van der Waals surface area contributed by atoms with Crippen LogP contribution >= 0.6 is 11.8 Å². The molecule has 0 bridgehead atoms.